The second kappa shape index (κ2) is 7.60. The number of rotatable bonds is 5. The van der Waals surface area contributed by atoms with Crippen LogP contribution in [0.2, 0.25) is 0 Å². The summed E-state index contributed by atoms with van der Waals surface area (Å²) in [6, 6.07) is 18.4. The molecule has 0 fully saturated rings. The number of H-pyrrole nitrogens is 1. The van der Waals surface area contributed by atoms with Gasteiger partial charge < -0.3 is 0 Å². The lowest BCUT2D eigenvalue weighted by Gasteiger charge is -2.16. The van der Waals surface area contributed by atoms with Crippen LogP contribution in [0.4, 0.5) is 5.69 Å². The fourth-order valence-electron chi connectivity index (χ4n) is 3.22. The molecule has 3 rings (SSSR count). The number of aryl methyl sites for hydroxylation is 1. The Kier molecular flexibility index (Phi) is 5.05. The van der Waals surface area contributed by atoms with Gasteiger partial charge in [-0.25, -0.2) is 4.68 Å². The van der Waals surface area contributed by atoms with Gasteiger partial charge in [-0.05, 0) is 24.6 Å². The molecule has 0 saturated heterocycles. The topological polar surface area (TPSA) is 129 Å². The normalized spacial score (nSPS) is 11.6. The molecule has 8 nitrogen and oxygen atoms in total. The van der Waals surface area contributed by atoms with Gasteiger partial charge in [-0.15, -0.1) is 0 Å². The average molecular weight is 373 g/mol. The molecule has 1 atom stereocenters. The lowest BCUT2D eigenvalue weighted by Crippen LogP contribution is -2.23. The van der Waals surface area contributed by atoms with Crippen LogP contribution < -0.4 is 5.56 Å². The number of nitrogens with zero attached hydrogens (tertiary/aromatic N) is 4. The Bertz CT molecular complexity index is 1150. The standard InChI is InChI=1S/C20H15N5O3/c1-13-18(20(26)24(23-13)16-7-3-2-4-8-16)19(15(11-21)12-22)14-6-5-9-17(10-14)25(27)28/h2-10,15,19,23H,1H3/t19-/m0/s1. The zero-order chi connectivity index (χ0) is 20.3. The third-order valence-electron chi connectivity index (χ3n) is 4.49. The molecule has 1 N–H and O–H groups in total. The first-order chi connectivity index (χ1) is 13.5. The molecular formula is C20H15N5O3. The Morgan fingerprint density at radius 3 is 2.39 bits per heavy atom. The first-order valence-electron chi connectivity index (χ1n) is 8.38. The molecule has 0 amide bonds. The number of aromatic nitrogens is 2. The number of hydrogen-bond acceptors (Lipinski definition) is 5. The Morgan fingerprint density at radius 2 is 1.79 bits per heavy atom. The molecule has 138 valence electrons. The highest BCUT2D eigenvalue weighted by Gasteiger charge is 2.32. The summed E-state index contributed by atoms with van der Waals surface area (Å²) in [7, 11) is 0. The summed E-state index contributed by atoms with van der Waals surface area (Å²) in [6.07, 6.45) is 0. The lowest BCUT2D eigenvalue weighted by molar-refractivity contribution is -0.384. The van der Waals surface area contributed by atoms with E-state index in [4.69, 9.17) is 0 Å². The Hall–Kier alpha value is -4.17. The van der Waals surface area contributed by atoms with Crippen LogP contribution in [0.5, 0.6) is 0 Å². The highest BCUT2D eigenvalue weighted by Crippen LogP contribution is 2.33. The molecule has 0 aliphatic rings. The van der Waals surface area contributed by atoms with E-state index in [-0.39, 0.29) is 11.3 Å². The number of para-hydroxylation sites is 1. The van der Waals surface area contributed by atoms with Crippen molar-refractivity contribution in [1.82, 2.24) is 9.78 Å². The van der Waals surface area contributed by atoms with Crippen LogP contribution in [-0.4, -0.2) is 14.7 Å². The van der Waals surface area contributed by atoms with Crippen molar-refractivity contribution in [2.45, 2.75) is 12.8 Å². The maximum atomic E-state index is 13.1. The molecule has 0 saturated carbocycles. The molecule has 0 spiro atoms. The quantitative estimate of drug-likeness (QED) is 0.542. The van der Waals surface area contributed by atoms with Crippen LogP contribution in [0.15, 0.2) is 59.4 Å². The van der Waals surface area contributed by atoms with Gasteiger partial charge in [0.2, 0.25) is 0 Å². The van der Waals surface area contributed by atoms with E-state index < -0.39 is 22.3 Å². The summed E-state index contributed by atoms with van der Waals surface area (Å²) in [6.45, 7) is 1.67. The Balaban J connectivity index is 2.24. The fourth-order valence-corrected chi connectivity index (χ4v) is 3.22. The second-order valence-corrected chi connectivity index (χ2v) is 6.19. The van der Waals surface area contributed by atoms with E-state index >= 15 is 0 Å². The van der Waals surface area contributed by atoms with Crippen LogP contribution in [0.1, 0.15) is 22.7 Å². The zero-order valence-corrected chi connectivity index (χ0v) is 14.9. The number of non-ortho nitro benzene ring substituents is 1. The molecular weight excluding hydrogens is 358 g/mol. The van der Waals surface area contributed by atoms with Gasteiger partial charge in [-0.3, -0.25) is 20.0 Å². The summed E-state index contributed by atoms with van der Waals surface area (Å²) < 4.78 is 1.33. The van der Waals surface area contributed by atoms with E-state index in [0.29, 0.717) is 16.9 Å². The largest absolute Gasteiger partial charge is 0.295 e. The van der Waals surface area contributed by atoms with E-state index in [1.165, 1.54) is 22.9 Å². The summed E-state index contributed by atoms with van der Waals surface area (Å²) in [5, 5.41) is 33.1. The summed E-state index contributed by atoms with van der Waals surface area (Å²) >= 11 is 0. The molecule has 1 heterocycles. The van der Waals surface area contributed by atoms with Gasteiger partial charge in [-0.2, -0.15) is 10.5 Å². The van der Waals surface area contributed by atoms with E-state index in [9.17, 15) is 25.4 Å². The van der Waals surface area contributed by atoms with E-state index in [2.05, 4.69) is 5.10 Å². The van der Waals surface area contributed by atoms with Crippen LogP contribution in [0.3, 0.4) is 0 Å². The number of hydrogen-bond donors (Lipinski definition) is 1. The minimum absolute atomic E-state index is 0.172. The zero-order valence-electron chi connectivity index (χ0n) is 14.9. The first kappa shape index (κ1) is 18.6. The fraction of sp³-hybridized carbons (Fsp3) is 0.150. The lowest BCUT2D eigenvalue weighted by atomic mass is 9.82. The summed E-state index contributed by atoms with van der Waals surface area (Å²) in [4.78, 5) is 23.7. The SMILES string of the molecule is Cc1[nH]n(-c2ccccc2)c(=O)c1[C@@H](c1cccc([N+](=O)[O-])c1)C(C#N)C#N. The molecule has 8 heteroatoms. The number of aromatic amines is 1. The Morgan fingerprint density at radius 1 is 1.11 bits per heavy atom. The average Bonchev–Trinajstić information content (AvgIpc) is 3.01. The predicted octanol–water partition coefficient (Wildman–Crippen LogP) is 3.18. The van der Waals surface area contributed by atoms with E-state index in [0.717, 1.165) is 0 Å². The smallest absolute Gasteiger partial charge is 0.275 e. The van der Waals surface area contributed by atoms with Gasteiger partial charge in [0.15, 0.2) is 0 Å². The number of nitrogens with one attached hydrogen (secondary N) is 1. The highest BCUT2D eigenvalue weighted by atomic mass is 16.6. The minimum Gasteiger partial charge on any atom is -0.295 e. The molecule has 0 unspecified atom stereocenters. The number of nitriles is 2. The van der Waals surface area contributed by atoms with Gasteiger partial charge in [-0.1, -0.05) is 30.3 Å². The van der Waals surface area contributed by atoms with Crippen LogP contribution in [0.25, 0.3) is 5.69 Å². The van der Waals surface area contributed by atoms with Crippen LogP contribution >= 0.6 is 0 Å². The van der Waals surface area contributed by atoms with Gasteiger partial charge in [0.25, 0.3) is 11.2 Å². The maximum absolute atomic E-state index is 13.1. The van der Waals surface area contributed by atoms with Gasteiger partial charge in [0.1, 0.15) is 5.92 Å². The van der Waals surface area contributed by atoms with Crippen LogP contribution in [-0.2, 0) is 0 Å². The van der Waals surface area contributed by atoms with Crippen molar-refractivity contribution in [3.05, 3.63) is 91.9 Å². The number of benzene rings is 2. The van der Waals surface area contributed by atoms with Crippen molar-refractivity contribution in [1.29, 1.82) is 10.5 Å². The molecule has 0 aliphatic carbocycles. The van der Waals surface area contributed by atoms with Crippen molar-refractivity contribution in [3.8, 4) is 17.8 Å². The first-order valence-corrected chi connectivity index (χ1v) is 8.38. The van der Waals surface area contributed by atoms with Crippen molar-refractivity contribution in [2.24, 2.45) is 5.92 Å². The molecule has 0 radical (unpaired) electrons. The monoisotopic (exact) mass is 373 g/mol. The second-order valence-electron chi connectivity index (χ2n) is 6.19. The molecule has 1 aromatic heterocycles. The summed E-state index contributed by atoms with van der Waals surface area (Å²) in [5.74, 6) is -2.11. The van der Waals surface area contributed by atoms with Crippen LogP contribution in [0, 0.1) is 45.6 Å². The van der Waals surface area contributed by atoms with Crippen molar-refractivity contribution < 1.29 is 4.92 Å². The molecule has 28 heavy (non-hydrogen) atoms. The minimum atomic E-state index is -1.19. The maximum Gasteiger partial charge on any atom is 0.275 e. The Labute approximate surface area is 160 Å². The van der Waals surface area contributed by atoms with Crippen molar-refractivity contribution in [2.75, 3.05) is 0 Å². The third-order valence-corrected chi connectivity index (χ3v) is 4.49. The molecule has 0 aliphatic heterocycles. The van der Waals surface area contributed by atoms with Crippen molar-refractivity contribution in [3.63, 3.8) is 0 Å². The van der Waals surface area contributed by atoms with Gasteiger partial charge in [0.05, 0.1) is 22.7 Å². The molecule has 0 bridgehead atoms. The summed E-state index contributed by atoms with van der Waals surface area (Å²) in [5.41, 5.74) is 1.11. The van der Waals surface area contributed by atoms with Crippen molar-refractivity contribution >= 4 is 5.69 Å². The number of nitro groups is 1. The highest BCUT2D eigenvalue weighted by molar-refractivity contribution is 5.44. The number of nitro benzene ring substituents is 1. The molecule has 3 aromatic rings. The van der Waals surface area contributed by atoms with E-state index in [1.54, 1.807) is 37.3 Å². The van der Waals surface area contributed by atoms with Gasteiger partial charge in [0, 0.05) is 29.3 Å². The van der Waals surface area contributed by atoms with Gasteiger partial charge >= 0.3 is 0 Å². The molecule has 2 aromatic carbocycles. The van der Waals surface area contributed by atoms with E-state index in [1.807, 2.05) is 18.2 Å². The predicted molar refractivity (Wildman–Crippen MR) is 101 cm³/mol. The third kappa shape index (κ3) is 3.27.